The molecule has 1 aromatic rings. The molecule has 1 rings (SSSR count). The van der Waals surface area contributed by atoms with E-state index in [1.54, 1.807) is 7.11 Å². The lowest BCUT2D eigenvalue weighted by Crippen LogP contribution is -2.42. The quantitative estimate of drug-likeness (QED) is 0.854. The van der Waals surface area contributed by atoms with Crippen LogP contribution >= 0.6 is 0 Å². The number of hydrogen-bond acceptors (Lipinski definition) is 3. The highest BCUT2D eigenvalue weighted by Crippen LogP contribution is 2.21. The van der Waals surface area contributed by atoms with Gasteiger partial charge in [0, 0.05) is 18.7 Å². The highest BCUT2D eigenvalue weighted by atomic mass is 16.5. The molecular weight excluding hydrogens is 240 g/mol. The van der Waals surface area contributed by atoms with Gasteiger partial charge < -0.3 is 10.1 Å². The maximum Gasteiger partial charge on any atom is 0.237 e. The smallest absolute Gasteiger partial charge is 0.237 e. The van der Waals surface area contributed by atoms with Crippen molar-refractivity contribution in [1.82, 2.24) is 10.2 Å². The van der Waals surface area contributed by atoms with Crippen molar-refractivity contribution in [1.29, 1.82) is 0 Å². The Morgan fingerprint density at radius 3 is 2.74 bits per heavy atom. The zero-order valence-electron chi connectivity index (χ0n) is 12.5. The standard InChI is InChI=1S/C15H24N2O2/c1-6-16-15(18)12(3)17(4)10-13-9-11(2)7-8-14(13)19-5/h7-9,12H,6,10H2,1-5H3,(H,16,18)/t12-/m1/s1. The number of hydrogen-bond donors (Lipinski definition) is 1. The zero-order valence-corrected chi connectivity index (χ0v) is 12.5. The lowest BCUT2D eigenvalue weighted by molar-refractivity contribution is -0.125. The second-order valence-corrected chi connectivity index (χ2v) is 4.80. The monoisotopic (exact) mass is 264 g/mol. The molecule has 0 aliphatic carbocycles. The summed E-state index contributed by atoms with van der Waals surface area (Å²) in [5.74, 6) is 0.914. The van der Waals surface area contributed by atoms with Crippen molar-refractivity contribution < 1.29 is 9.53 Å². The van der Waals surface area contributed by atoms with E-state index in [0.29, 0.717) is 13.1 Å². The molecule has 0 spiro atoms. The van der Waals surface area contributed by atoms with Crippen LogP contribution in [0.1, 0.15) is 25.0 Å². The molecule has 0 saturated carbocycles. The van der Waals surface area contributed by atoms with E-state index < -0.39 is 0 Å². The molecule has 0 bridgehead atoms. The van der Waals surface area contributed by atoms with Gasteiger partial charge in [-0.1, -0.05) is 17.7 Å². The fourth-order valence-corrected chi connectivity index (χ4v) is 1.96. The van der Waals surface area contributed by atoms with Crippen molar-refractivity contribution in [3.8, 4) is 5.75 Å². The van der Waals surface area contributed by atoms with Crippen molar-refractivity contribution >= 4 is 5.91 Å². The lowest BCUT2D eigenvalue weighted by Gasteiger charge is -2.24. The van der Waals surface area contributed by atoms with Crippen LogP contribution in [0, 0.1) is 6.92 Å². The molecule has 106 valence electrons. The summed E-state index contributed by atoms with van der Waals surface area (Å²) in [5.41, 5.74) is 2.29. The molecular formula is C15H24N2O2. The minimum atomic E-state index is -0.162. The average molecular weight is 264 g/mol. The van der Waals surface area contributed by atoms with E-state index in [-0.39, 0.29) is 11.9 Å². The van der Waals surface area contributed by atoms with Crippen LogP contribution in [0.5, 0.6) is 5.75 Å². The maximum absolute atomic E-state index is 11.8. The Bertz CT molecular complexity index is 432. The summed E-state index contributed by atoms with van der Waals surface area (Å²) in [6.45, 7) is 7.23. The molecule has 0 heterocycles. The van der Waals surface area contributed by atoms with Crippen LogP contribution in [-0.2, 0) is 11.3 Å². The third kappa shape index (κ3) is 4.24. The van der Waals surface area contributed by atoms with Crippen LogP contribution in [0.15, 0.2) is 18.2 Å². The van der Waals surface area contributed by atoms with Gasteiger partial charge in [-0.05, 0) is 33.9 Å². The predicted octanol–water partition coefficient (Wildman–Crippen LogP) is 1.96. The van der Waals surface area contributed by atoms with Crippen molar-refractivity contribution in [2.24, 2.45) is 0 Å². The molecule has 0 radical (unpaired) electrons. The van der Waals surface area contributed by atoms with Gasteiger partial charge in [-0.15, -0.1) is 0 Å². The fourth-order valence-electron chi connectivity index (χ4n) is 1.96. The van der Waals surface area contributed by atoms with Gasteiger partial charge in [0.15, 0.2) is 0 Å². The minimum absolute atomic E-state index is 0.0524. The van der Waals surface area contributed by atoms with Gasteiger partial charge in [0.2, 0.25) is 5.91 Å². The van der Waals surface area contributed by atoms with Crippen LogP contribution in [-0.4, -0.2) is 37.6 Å². The van der Waals surface area contributed by atoms with E-state index in [0.717, 1.165) is 11.3 Å². The highest BCUT2D eigenvalue weighted by Gasteiger charge is 2.18. The molecule has 0 aromatic heterocycles. The number of amides is 1. The topological polar surface area (TPSA) is 41.6 Å². The van der Waals surface area contributed by atoms with E-state index in [4.69, 9.17) is 4.74 Å². The first-order chi connectivity index (χ1) is 8.99. The van der Waals surface area contributed by atoms with Gasteiger partial charge in [0.25, 0.3) is 0 Å². The van der Waals surface area contributed by atoms with E-state index >= 15 is 0 Å². The second kappa shape index (κ2) is 7.14. The van der Waals surface area contributed by atoms with Gasteiger partial charge in [0.05, 0.1) is 13.2 Å². The first-order valence-corrected chi connectivity index (χ1v) is 6.61. The van der Waals surface area contributed by atoms with E-state index in [9.17, 15) is 4.79 Å². The molecule has 1 atom stereocenters. The van der Waals surface area contributed by atoms with E-state index in [1.807, 2.05) is 37.9 Å². The van der Waals surface area contributed by atoms with Crippen molar-refractivity contribution in [3.05, 3.63) is 29.3 Å². The molecule has 1 aromatic carbocycles. The number of ether oxygens (including phenoxy) is 1. The number of carbonyl (C=O) groups excluding carboxylic acids is 1. The third-order valence-electron chi connectivity index (χ3n) is 3.25. The minimum Gasteiger partial charge on any atom is -0.496 e. The van der Waals surface area contributed by atoms with Crippen LogP contribution in [0.3, 0.4) is 0 Å². The van der Waals surface area contributed by atoms with Gasteiger partial charge in [-0.2, -0.15) is 0 Å². The number of methoxy groups -OCH3 is 1. The number of aryl methyl sites for hydroxylation is 1. The Balaban J connectivity index is 2.78. The molecule has 1 amide bonds. The Kier molecular flexibility index (Phi) is 5.83. The first kappa shape index (κ1) is 15.5. The Labute approximate surface area is 115 Å². The number of nitrogens with one attached hydrogen (secondary N) is 1. The molecule has 0 saturated heterocycles. The van der Waals surface area contributed by atoms with E-state index in [1.165, 1.54) is 5.56 Å². The molecule has 19 heavy (non-hydrogen) atoms. The van der Waals surface area contributed by atoms with Crippen LogP contribution in [0.2, 0.25) is 0 Å². The summed E-state index contributed by atoms with van der Waals surface area (Å²) in [6.07, 6.45) is 0. The lowest BCUT2D eigenvalue weighted by atomic mass is 10.1. The number of rotatable bonds is 6. The number of likely N-dealkylation sites (N-methyl/N-ethyl adjacent to an activating group) is 2. The molecule has 0 aliphatic rings. The van der Waals surface area contributed by atoms with Crippen molar-refractivity contribution in [2.75, 3.05) is 20.7 Å². The number of benzene rings is 1. The third-order valence-corrected chi connectivity index (χ3v) is 3.25. The summed E-state index contributed by atoms with van der Waals surface area (Å²) in [6, 6.07) is 5.93. The Hall–Kier alpha value is -1.55. The van der Waals surface area contributed by atoms with Gasteiger partial charge >= 0.3 is 0 Å². The average Bonchev–Trinajstić information content (AvgIpc) is 2.38. The van der Waals surface area contributed by atoms with Crippen molar-refractivity contribution in [3.63, 3.8) is 0 Å². The van der Waals surface area contributed by atoms with Gasteiger partial charge in [-0.25, -0.2) is 0 Å². The number of nitrogens with zero attached hydrogens (tertiary/aromatic N) is 1. The Morgan fingerprint density at radius 2 is 2.16 bits per heavy atom. The maximum atomic E-state index is 11.8. The van der Waals surface area contributed by atoms with E-state index in [2.05, 4.69) is 18.3 Å². The van der Waals surface area contributed by atoms with Crippen molar-refractivity contribution in [2.45, 2.75) is 33.4 Å². The molecule has 0 unspecified atom stereocenters. The highest BCUT2D eigenvalue weighted by molar-refractivity contribution is 5.81. The molecule has 0 fully saturated rings. The SMILES string of the molecule is CCNC(=O)[C@@H](C)N(C)Cc1cc(C)ccc1OC. The second-order valence-electron chi connectivity index (χ2n) is 4.80. The Morgan fingerprint density at radius 1 is 1.47 bits per heavy atom. The molecule has 4 heteroatoms. The normalized spacial score (nSPS) is 12.3. The van der Waals surface area contributed by atoms with Gasteiger partial charge in [-0.3, -0.25) is 9.69 Å². The summed E-state index contributed by atoms with van der Waals surface area (Å²) in [7, 11) is 3.61. The molecule has 0 aliphatic heterocycles. The molecule has 1 N–H and O–H groups in total. The summed E-state index contributed by atoms with van der Waals surface area (Å²) >= 11 is 0. The summed E-state index contributed by atoms with van der Waals surface area (Å²) in [5, 5.41) is 2.84. The predicted molar refractivity (Wildman–Crippen MR) is 77.3 cm³/mol. The zero-order chi connectivity index (χ0) is 14.4. The largest absolute Gasteiger partial charge is 0.496 e. The van der Waals surface area contributed by atoms with Crippen LogP contribution in [0.4, 0.5) is 0 Å². The van der Waals surface area contributed by atoms with Gasteiger partial charge in [0.1, 0.15) is 5.75 Å². The fraction of sp³-hybridized carbons (Fsp3) is 0.533. The molecule has 4 nitrogen and oxygen atoms in total. The van der Waals surface area contributed by atoms with Crippen LogP contribution in [0.25, 0.3) is 0 Å². The number of carbonyl (C=O) groups is 1. The summed E-state index contributed by atoms with van der Waals surface area (Å²) in [4.78, 5) is 13.8. The van der Waals surface area contributed by atoms with Crippen LogP contribution < -0.4 is 10.1 Å². The first-order valence-electron chi connectivity index (χ1n) is 6.61. The summed E-state index contributed by atoms with van der Waals surface area (Å²) < 4.78 is 5.36.